The molecule has 0 aliphatic carbocycles. The average Bonchev–Trinajstić information content (AvgIpc) is 3.75. The summed E-state index contributed by atoms with van der Waals surface area (Å²) >= 11 is 1.48. The van der Waals surface area contributed by atoms with Gasteiger partial charge in [0.2, 0.25) is 17.0 Å². The molecule has 0 spiro atoms. The summed E-state index contributed by atoms with van der Waals surface area (Å²) in [6.45, 7) is 0.379. The van der Waals surface area contributed by atoms with Gasteiger partial charge >= 0.3 is 0 Å². The maximum atomic E-state index is 12.6. The van der Waals surface area contributed by atoms with Gasteiger partial charge in [0.1, 0.15) is 5.75 Å². The average molecular weight is 814 g/mol. The minimum absolute atomic E-state index is 0.0241. The molecule has 1 fully saturated rings. The van der Waals surface area contributed by atoms with Gasteiger partial charge in [-0.15, -0.1) is 5.10 Å². The molecule has 1 aliphatic rings. The smallest absolute Gasteiger partial charge is 0.224 e. The van der Waals surface area contributed by atoms with Gasteiger partial charge < -0.3 is 36.1 Å². The zero-order chi connectivity index (χ0) is 41.0. The van der Waals surface area contributed by atoms with E-state index < -0.39 is 6.29 Å². The fourth-order valence-corrected chi connectivity index (χ4v) is 7.68. The van der Waals surface area contributed by atoms with Crippen molar-refractivity contribution in [3.63, 3.8) is 0 Å². The first-order chi connectivity index (χ1) is 28.8. The largest absolute Gasteiger partial charge is 0.508 e. The molecule has 2 amide bonds. The number of nitrogen functional groups attached to an aromatic ring is 1. The maximum Gasteiger partial charge on any atom is 0.224 e. The number of aliphatic hydroxyl groups excluding tert-OH is 1. The van der Waals surface area contributed by atoms with Gasteiger partial charge in [0.25, 0.3) is 0 Å². The third-order valence-electron chi connectivity index (χ3n) is 10.0. The molecular weight excluding hydrogens is 767 g/mol. The van der Waals surface area contributed by atoms with Gasteiger partial charge in [0, 0.05) is 37.1 Å². The first kappa shape index (κ1) is 41.1. The van der Waals surface area contributed by atoms with Crippen LogP contribution in [0.1, 0.15) is 73.2 Å². The van der Waals surface area contributed by atoms with Crippen molar-refractivity contribution in [2.45, 2.75) is 75.3 Å². The number of para-hydroxylation sites is 2. The molecule has 14 heteroatoms. The van der Waals surface area contributed by atoms with E-state index in [-0.39, 0.29) is 36.4 Å². The number of aromatic hydroxyl groups is 1. The van der Waals surface area contributed by atoms with Crippen molar-refractivity contribution in [3.05, 3.63) is 144 Å². The van der Waals surface area contributed by atoms with Crippen molar-refractivity contribution in [3.8, 4) is 22.6 Å². The van der Waals surface area contributed by atoms with Crippen LogP contribution in [0, 0.1) is 0 Å². The Hall–Kier alpha value is -6.06. The van der Waals surface area contributed by atoms with Crippen molar-refractivity contribution >= 4 is 35.0 Å². The fourth-order valence-electron chi connectivity index (χ4n) is 6.77. The molecule has 1 saturated heterocycles. The second kappa shape index (κ2) is 20.1. The molecule has 7 rings (SSSR count). The van der Waals surface area contributed by atoms with Gasteiger partial charge in [0.15, 0.2) is 6.29 Å². The number of phenolic OH excluding ortho intramolecular Hbond substituents is 1. The summed E-state index contributed by atoms with van der Waals surface area (Å²) in [5.41, 5.74) is 13.5. The first-order valence-corrected chi connectivity index (χ1v) is 20.6. The Bertz CT molecular complexity index is 2300. The third-order valence-corrected chi connectivity index (χ3v) is 11.1. The summed E-state index contributed by atoms with van der Waals surface area (Å²) in [7, 11) is 0. The summed E-state index contributed by atoms with van der Waals surface area (Å²) < 4.78 is 14.8. The number of hydrogen-bond donors (Lipinski definition) is 5. The van der Waals surface area contributed by atoms with Crippen molar-refractivity contribution in [1.29, 1.82) is 0 Å². The highest BCUT2D eigenvalue weighted by molar-refractivity contribution is 7.99. The van der Waals surface area contributed by atoms with E-state index in [0.717, 1.165) is 45.5 Å². The normalized spacial score (nSPS) is 16.4. The topological polar surface area (TPSA) is 187 Å². The number of aromatic nitrogens is 4. The number of phenols is 1. The van der Waals surface area contributed by atoms with E-state index in [2.05, 4.69) is 32.2 Å². The monoisotopic (exact) mass is 813 g/mol. The van der Waals surface area contributed by atoms with Gasteiger partial charge in [-0.2, -0.15) is 4.68 Å². The Morgan fingerprint density at radius 2 is 1.54 bits per heavy atom. The van der Waals surface area contributed by atoms with E-state index >= 15 is 0 Å². The molecule has 1 aromatic heterocycles. The Morgan fingerprint density at radius 1 is 0.797 bits per heavy atom. The number of rotatable bonds is 17. The zero-order valence-corrected chi connectivity index (χ0v) is 33.3. The summed E-state index contributed by atoms with van der Waals surface area (Å²) in [5.74, 6) is 0.615. The van der Waals surface area contributed by atoms with Crippen LogP contribution in [0.3, 0.4) is 0 Å². The maximum absolute atomic E-state index is 12.6. The van der Waals surface area contributed by atoms with Crippen LogP contribution >= 0.6 is 11.8 Å². The van der Waals surface area contributed by atoms with E-state index in [1.807, 2.05) is 78.9 Å². The number of nitrogens with zero attached hydrogens (tertiary/aromatic N) is 4. The lowest BCUT2D eigenvalue weighted by molar-refractivity contribution is -0.245. The summed E-state index contributed by atoms with van der Waals surface area (Å²) in [4.78, 5) is 24.9. The van der Waals surface area contributed by atoms with Crippen LogP contribution in [0.5, 0.6) is 5.75 Å². The minimum Gasteiger partial charge on any atom is -0.508 e. The van der Waals surface area contributed by atoms with Gasteiger partial charge in [-0.05, 0) is 93.6 Å². The van der Waals surface area contributed by atoms with E-state index in [1.165, 1.54) is 11.8 Å². The predicted octanol–water partition coefficient (Wildman–Crippen LogP) is 7.65. The standard InChI is InChI=1S/C45H47N7O6S/c46-39-9-4-5-10-40(39)48-43(56)12-3-1-2-11-42(55)47-27-31-7-6-8-35(25-31)32-17-19-34(20-18-32)44-57-38(26-41(58-44)33-15-13-30(28-53)14-16-33)29-59-45-49-50-51-52(45)36-21-23-37(54)24-22-36/h4-10,13-25,38,41,44,53-54H,1-3,11-12,26-29,46H2,(H,47,55)(H,48,56)/t38-,41+,44+/m0/s1. The molecule has 0 saturated carbocycles. The minimum atomic E-state index is -0.633. The number of benzene rings is 5. The number of carbonyl (C=O) groups is 2. The number of nitrogens with two attached hydrogens (primary N) is 1. The van der Waals surface area contributed by atoms with Crippen LogP contribution in [0.2, 0.25) is 0 Å². The molecule has 1 aliphatic heterocycles. The Morgan fingerprint density at radius 3 is 2.31 bits per heavy atom. The van der Waals surface area contributed by atoms with E-state index in [4.69, 9.17) is 15.2 Å². The molecule has 6 aromatic rings. The summed E-state index contributed by atoms with van der Waals surface area (Å²) in [6.07, 6.45) is 2.45. The van der Waals surface area contributed by atoms with Crippen molar-refractivity contribution < 1.29 is 29.3 Å². The van der Waals surface area contributed by atoms with Gasteiger partial charge in [-0.25, -0.2) is 0 Å². The van der Waals surface area contributed by atoms with Crippen LogP contribution < -0.4 is 16.4 Å². The highest BCUT2D eigenvalue weighted by Gasteiger charge is 2.33. The molecule has 13 nitrogen and oxygen atoms in total. The van der Waals surface area contributed by atoms with Crippen LogP contribution in [0.15, 0.2) is 126 Å². The van der Waals surface area contributed by atoms with Crippen LogP contribution in [-0.4, -0.2) is 54.1 Å². The number of carbonyl (C=O) groups excluding carboxylic acids is 2. The molecule has 3 atom stereocenters. The Kier molecular flexibility index (Phi) is 14.0. The Balaban J connectivity index is 0.930. The predicted molar refractivity (Wildman–Crippen MR) is 226 cm³/mol. The number of ether oxygens (including phenoxy) is 2. The molecule has 6 N–H and O–H groups in total. The number of hydrogen-bond acceptors (Lipinski definition) is 11. The highest BCUT2D eigenvalue weighted by Crippen LogP contribution is 2.40. The number of tetrazole rings is 1. The summed E-state index contributed by atoms with van der Waals surface area (Å²) in [6, 6.07) is 37.9. The lowest BCUT2D eigenvalue weighted by Gasteiger charge is -2.36. The van der Waals surface area contributed by atoms with E-state index in [9.17, 15) is 19.8 Å². The molecule has 59 heavy (non-hydrogen) atoms. The SMILES string of the molecule is Nc1ccccc1NC(=O)CCCCCC(=O)NCc1cccc(-c2ccc([C@@H]3O[C@H](CSc4nnnn4-c4ccc(O)cc4)C[C@H](c4ccc(CO)cc4)O3)cc2)c1. The van der Waals surface area contributed by atoms with Crippen molar-refractivity contribution in [2.24, 2.45) is 0 Å². The van der Waals surface area contributed by atoms with Crippen molar-refractivity contribution in [1.82, 2.24) is 25.5 Å². The highest BCUT2D eigenvalue weighted by atomic mass is 32.2. The Labute approximate surface area is 347 Å². The van der Waals surface area contributed by atoms with Crippen LogP contribution in [0.4, 0.5) is 11.4 Å². The number of unbranched alkanes of at least 4 members (excludes halogenated alkanes) is 2. The molecule has 5 aromatic carbocycles. The lowest BCUT2D eigenvalue weighted by Crippen LogP contribution is -2.31. The fraction of sp³-hybridized carbons (Fsp3) is 0.267. The van der Waals surface area contributed by atoms with Gasteiger partial charge in [-0.3, -0.25) is 9.59 Å². The van der Waals surface area contributed by atoms with Crippen molar-refractivity contribution in [2.75, 3.05) is 16.8 Å². The summed E-state index contributed by atoms with van der Waals surface area (Å²) in [5, 5.41) is 38.0. The number of amides is 2. The second-order valence-corrected chi connectivity index (χ2v) is 15.3. The number of anilines is 2. The number of thioether (sulfide) groups is 1. The third kappa shape index (κ3) is 11.3. The molecule has 0 bridgehead atoms. The van der Waals surface area contributed by atoms with Gasteiger partial charge in [0.05, 0.1) is 35.9 Å². The first-order valence-electron chi connectivity index (χ1n) is 19.6. The van der Waals surface area contributed by atoms with Crippen LogP contribution in [0.25, 0.3) is 16.8 Å². The number of aliphatic hydroxyl groups is 1. The zero-order valence-electron chi connectivity index (χ0n) is 32.4. The quantitative estimate of drug-likeness (QED) is 0.0346. The van der Waals surface area contributed by atoms with Gasteiger partial charge in [-0.1, -0.05) is 97.0 Å². The number of nitrogens with one attached hydrogen (secondary N) is 2. The van der Waals surface area contributed by atoms with Crippen LogP contribution in [-0.2, 0) is 32.2 Å². The second-order valence-electron chi connectivity index (χ2n) is 14.3. The lowest BCUT2D eigenvalue weighted by atomic mass is 9.99. The molecule has 0 radical (unpaired) electrons. The van der Waals surface area contributed by atoms with E-state index in [0.29, 0.717) is 60.9 Å². The molecule has 0 unspecified atom stereocenters. The van der Waals surface area contributed by atoms with E-state index in [1.54, 1.807) is 41.1 Å². The molecule has 304 valence electrons. The molecule has 2 heterocycles. The molecular formula is C45H47N7O6S.